The lowest BCUT2D eigenvalue weighted by Crippen LogP contribution is -2.27. The Kier molecular flexibility index (Phi) is 6.43. The summed E-state index contributed by atoms with van der Waals surface area (Å²) in [5.41, 5.74) is 5.62. The zero-order valence-corrected chi connectivity index (χ0v) is 21.4. The first kappa shape index (κ1) is 23.3. The van der Waals surface area contributed by atoms with E-state index < -0.39 is 0 Å². The lowest BCUT2D eigenvalue weighted by molar-refractivity contribution is -0.116. The van der Waals surface area contributed by atoms with Crippen molar-refractivity contribution in [3.8, 4) is 17.2 Å². The molecule has 1 aliphatic heterocycles. The van der Waals surface area contributed by atoms with E-state index in [9.17, 15) is 4.79 Å². The van der Waals surface area contributed by atoms with Gasteiger partial charge in [0.25, 0.3) is 0 Å². The average Bonchev–Trinajstić information content (AvgIpc) is 3.05. The molecular formula is C28H27BrN2O4. The molecule has 2 N–H and O–H groups in total. The average molecular weight is 535 g/mol. The van der Waals surface area contributed by atoms with Crippen LogP contribution < -0.4 is 24.8 Å². The summed E-state index contributed by atoms with van der Waals surface area (Å²) < 4.78 is 17.2. The Balaban J connectivity index is 1.61. The van der Waals surface area contributed by atoms with E-state index in [4.69, 9.17) is 14.2 Å². The van der Waals surface area contributed by atoms with Crippen LogP contribution in [0.2, 0.25) is 0 Å². The molecule has 180 valence electrons. The standard InChI is InChI=1S/C28H27BrN2O4/c1-33-19-10-8-16(9-11-19)17-13-23-26(24(32)14-17)27(31-22-7-5-4-6-21(22)30-23)18-12-20(29)28(35-3)25(15-18)34-2/h4-12,15,17,27,30-31H,13-14H2,1-3H3/t17-,27+/m0/s1. The van der Waals surface area contributed by atoms with Crippen LogP contribution in [0, 0.1) is 0 Å². The third-order valence-electron chi connectivity index (χ3n) is 6.69. The Hall–Kier alpha value is -3.45. The van der Waals surface area contributed by atoms with Gasteiger partial charge in [0.15, 0.2) is 17.3 Å². The van der Waals surface area contributed by atoms with E-state index in [1.165, 1.54) is 0 Å². The molecule has 0 radical (unpaired) electrons. The monoisotopic (exact) mass is 534 g/mol. The number of carbonyl (C=O) groups excluding carboxylic acids is 1. The molecule has 0 saturated carbocycles. The fourth-order valence-corrected chi connectivity index (χ4v) is 5.58. The van der Waals surface area contributed by atoms with Crippen molar-refractivity contribution in [2.75, 3.05) is 32.0 Å². The number of halogens is 1. The quantitative estimate of drug-likeness (QED) is 0.391. The third kappa shape index (κ3) is 4.36. The first-order valence-corrected chi connectivity index (χ1v) is 12.3. The molecular weight excluding hydrogens is 508 g/mol. The minimum Gasteiger partial charge on any atom is -0.497 e. The smallest absolute Gasteiger partial charge is 0.174 e. The summed E-state index contributed by atoms with van der Waals surface area (Å²) in [4.78, 5) is 13.8. The minimum absolute atomic E-state index is 0.0858. The summed E-state index contributed by atoms with van der Waals surface area (Å²) in [5.74, 6) is 2.23. The minimum atomic E-state index is -0.346. The Bertz CT molecular complexity index is 1300. The van der Waals surface area contributed by atoms with Gasteiger partial charge in [-0.2, -0.15) is 0 Å². The maximum atomic E-state index is 13.8. The molecule has 3 aromatic rings. The fourth-order valence-electron chi connectivity index (χ4n) is 4.96. The highest BCUT2D eigenvalue weighted by Crippen LogP contribution is 2.46. The summed E-state index contributed by atoms with van der Waals surface area (Å²) in [5, 5.41) is 7.20. The zero-order valence-electron chi connectivity index (χ0n) is 19.9. The number of carbonyl (C=O) groups is 1. The lowest BCUT2D eigenvalue weighted by Gasteiger charge is -2.30. The molecule has 1 heterocycles. The molecule has 0 unspecified atom stereocenters. The molecule has 6 nitrogen and oxygen atoms in total. The summed E-state index contributed by atoms with van der Waals surface area (Å²) in [6.45, 7) is 0. The molecule has 1 aliphatic carbocycles. The predicted octanol–water partition coefficient (Wildman–Crippen LogP) is 6.45. The fraction of sp³-hybridized carbons (Fsp3) is 0.250. The maximum Gasteiger partial charge on any atom is 0.174 e. The molecule has 3 aromatic carbocycles. The number of fused-ring (bicyclic) bond motifs is 1. The van der Waals surface area contributed by atoms with Gasteiger partial charge >= 0.3 is 0 Å². The highest BCUT2D eigenvalue weighted by Gasteiger charge is 2.36. The van der Waals surface area contributed by atoms with Crippen LogP contribution in [-0.4, -0.2) is 27.1 Å². The highest BCUT2D eigenvalue weighted by molar-refractivity contribution is 9.10. The van der Waals surface area contributed by atoms with Gasteiger partial charge in [0.1, 0.15) is 5.75 Å². The second kappa shape index (κ2) is 9.66. The van der Waals surface area contributed by atoms with Crippen LogP contribution in [0.4, 0.5) is 11.4 Å². The molecule has 0 amide bonds. The Morgan fingerprint density at radius 3 is 2.29 bits per heavy atom. The number of rotatable bonds is 5. The van der Waals surface area contributed by atoms with E-state index in [0.717, 1.165) is 50.4 Å². The number of Topliss-reactive ketones (excluding diaryl/α,β-unsaturated/α-hetero) is 1. The van der Waals surface area contributed by atoms with Crippen LogP contribution >= 0.6 is 15.9 Å². The van der Waals surface area contributed by atoms with E-state index >= 15 is 0 Å². The van der Waals surface area contributed by atoms with Crippen molar-refractivity contribution in [1.82, 2.24) is 0 Å². The van der Waals surface area contributed by atoms with Gasteiger partial charge in [0, 0.05) is 17.7 Å². The largest absolute Gasteiger partial charge is 0.497 e. The number of allylic oxidation sites excluding steroid dienone is 1. The molecule has 35 heavy (non-hydrogen) atoms. The summed E-state index contributed by atoms with van der Waals surface area (Å²) >= 11 is 3.61. The second-order valence-electron chi connectivity index (χ2n) is 8.68. The number of methoxy groups -OCH3 is 3. The number of ether oxygens (including phenoxy) is 3. The zero-order chi connectivity index (χ0) is 24.5. The van der Waals surface area contributed by atoms with Gasteiger partial charge < -0.3 is 24.8 Å². The van der Waals surface area contributed by atoms with Crippen LogP contribution in [0.5, 0.6) is 17.2 Å². The number of anilines is 2. The first-order valence-electron chi connectivity index (χ1n) is 11.5. The van der Waals surface area contributed by atoms with E-state index in [1.54, 1.807) is 21.3 Å². The van der Waals surface area contributed by atoms with E-state index in [2.05, 4.69) is 26.6 Å². The van der Waals surface area contributed by atoms with Crippen molar-refractivity contribution in [3.63, 3.8) is 0 Å². The molecule has 0 saturated heterocycles. The predicted molar refractivity (Wildman–Crippen MR) is 141 cm³/mol. The number of benzene rings is 3. The number of para-hydroxylation sites is 2. The van der Waals surface area contributed by atoms with Gasteiger partial charge in [-0.15, -0.1) is 0 Å². The summed E-state index contributed by atoms with van der Waals surface area (Å²) in [6.07, 6.45) is 1.17. The molecule has 0 bridgehead atoms. The van der Waals surface area contributed by atoms with Gasteiger partial charge in [-0.3, -0.25) is 4.79 Å². The number of ketones is 1. The molecule has 7 heteroatoms. The third-order valence-corrected chi connectivity index (χ3v) is 7.27. The number of nitrogens with one attached hydrogen (secondary N) is 2. The van der Waals surface area contributed by atoms with Crippen molar-refractivity contribution in [1.29, 1.82) is 0 Å². The second-order valence-corrected chi connectivity index (χ2v) is 9.53. The molecule has 5 rings (SSSR count). The van der Waals surface area contributed by atoms with Gasteiger partial charge in [-0.1, -0.05) is 24.3 Å². The van der Waals surface area contributed by atoms with Crippen molar-refractivity contribution >= 4 is 33.1 Å². The van der Waals surface area contributed by atoms with Gasteiger partial charge in [0.2, 0.25) is 0 Å². The SMILES string of the molecule is COc1ccc([C@@H]2CC(=O)C3=C(C2)Nc2ccccc2N[C@@H]3c2cc(Br)c(OC)c(OC)c2)cc1. The van der Waals surface area contributed by atoms with Crippen molar-refractivity contribution in [2.45, 2.75) is 24.8 Å². The van der Waals surface area contributed by atoms with E-state index in [1.807, 2.05) is 60.7 Å². The Morgan fingerprint density at radius 1 is 0.857 bits per heavy atom. The Labute approximate surface area is 213 Å². The summed E-state index contributed by atoms with van der Waals surface area (Å²) in [6, 6.07) is 19.6. The van der Waals surface area contributed by atoms with Crippen molar-refractivity contribution in [2.24, 2.45) is 0 Å². The Morgan fingerprint density at radius 2 is 1.60 bits per heavy atom. The molecule has 0 fully saturated rings. The van der Waals surface area contributed by atoms with Crippen molar-refractivity contribution in [3.05, 3.63) is 87.5 Å². The molecule has 2 aliphatic rings. The van der Waals surface area contributed by atoms with Crippen LogP contribution in [0.15, 0.2) is 76.4 Å². The van der Waals surface area contributed by atoms with Gasteiger partial charge in [0.05, 0.1) is 43.2 Å². The first-order chi connectivity index (χ1) is 17.0. The number of hydrogen-bond acceptors (Lipinski definition) is 6. The van der Waals surface area contributed by atoms with Crippen LogP contribution in [0.25, 0.3) is 0 Å². The van der Waals surface area contributed by atoms with Gasteiger partial charge in [-0.25, -0.2) is 0 Å². The molecule has 0 spiro atoms. The number of hydrogen-bond donors (Lipinski definition) is 2. The highest BCUT2D eigenvalue weighted by atomic mass is 79.9. The van der Waals surface area contributed by atoms with Crippen LogP contribution in [-0.2, 0) is 4.79 Å². The van der Waals surface area contributed by atoms with Crippen LogP contribution in [0.1, 0.15) is 35.9 Å². The summed E-state index contributed by atoms with van der Waals surface area (Å²) in [7, 11) is 4.88. The van der Waals surface area contributed by atoms with E-state index in [0.29, 0.717) is 17.9 Å². The van der Waals surface area contributed by atoms with Crippen LogP contribution in [0.3, 0.4) is 0 Å². The van der Waals surface area contributed by atoms with Gasteiger partial charge in [-0.05, 0) is 75.8 Å². The topological polar surface area (TPSA) is 68.8 Å². The normalized spacial score (nSPS) is 19.0. The molecule has 0 aromatic heterocycles. The lowest BCUT2D eigenvalue weighted by atomic mass is 9.78. The maximum absolute atomic E-state index is 13.8. The molecule has 2 atom stereocenters. The van der Waals surface area contributed by atoms with E-state index in [-0.39, 0.29) is 17.7 Å². The van der Waals surface area contributed by atoms with Crippen molar-refractivity contribution < 1.29 is 19.0 Å².